The first-order valence-electron chi connectivity index (χ1n) is 15.1. The third-order valence-electron chi connectivity index (χ3n) is 8.25. The summed E-state index contributed by atoms with van der Waals surface area (Å²) >= 11 is 0. The lowest BCUT2D eigenvalue weighted by molar-refractivity contribution is -0.0365. The van der Waals surface area contributed by atoms with Gasteiger partial charge in [-0.1, -0.05) is 39.0 Å². The number of benzene rings is 2. The molecule has 8 nitrogen and oxygen atoms in total. The van der Waals surface area contributed by atoms with E-state index < -0.39 is 24.5 Å². The highest BCUT2D eigenvalue weighted by Gasteiger charge is 2.39. The number of aryl methyl sites for hydroxylation is 1. The van der Waals surface area contributed by atoms with Crippen LogP contribution in [0.2, 0.25) is 18.1 Å². The Labute approximate surface area is 252 Å². The van der Waals surface area contributed by atoms with E-state index in [-0.39, 0.29) is 11.3 Å². The highest BCUT2D eigenvalue weighted by atomic mass is 32.2. The van der Waals surface area contributed by atoms with Crippen LogP contribution in [0, 0.1) is 0 Å². The Morgan fingerprint density at radius 3 is 2.60 bits per heavy atom. The predicted molar refractivity (Wildman–Crippen MR) is 171 cm³/mol. The van der Waals surface area contributed by atoms with Crippen molar-refractivity contribution in [3.8, 4) is 17.0 Å². The van der Waals surface area contributed by atoms with Crippen molar-refractivity contribution in [2.45, 2.75) is 96.7 Å². The number of hydrogen-bond donors (Lipinski definition) is 0. The fourth-order valence-electron chi connectivity index (χ4n) is 4.93. The first-order valence-corrected chi connectivity index (χ1v) is 19.8. The Hall–Kier alpha value is -2.24. The number of hydrogen-bond acceptors (Lipinski definition) is 7. The molecule has 0 saturated carbocycles. The lowest BCUT2D eigenvalue weighted by Crippen LogP contribution is -2.43. The van der Waals surface area contributed by atoms with Crippen molar-refractivity contribution in [3.05, 3.63) is 48.0 Å². The molecule has 0 amide bonds. The molecule has 1 aliphatic rings. The molecule has 2 atom stereocenters. The molecule has 0 radical (unpaired) electrons. The van der Waals surface area contributed by atoms with Gasteiger partial charge in [-0.3, -0.25) is 4.18 Å². The molecule has 1 fully saturated rings. The summed E-state index contributed by atoms with van der Waals surface area (Å²) in [4.78, 5) is 0. The van der Waals surface area contributed by atoms with E-state index in [2.05, 4.69) is 81.0 Å². The van der Waals surface area contributed by atoms with Crippen molar-refractivity contribution in [2.75, 3.05) is 26.1 Å². The van der Waals surface area contributed by atoms with Crippen molar-refractivity contribution >= 4 is 29.3 Å². The molecule has 1 saturated heterocycles. The molecule has 1 aliphatic heterocycles. The van der Waals surface area contributed by atoms with E-state index in [1.165, 1.54) is 5.56 Å². The molecule has 0 bridgehead atoms. The minimum Gasteiger partial charge on any atom is -0.543 e. The molecule has 1 aromatic heterocycles. The second-order valence-corrected chi connectivity index (χ2v) is 19.3. The number of ether oxygens (including phenoxy) is 2. The second-order valence-electron chi connectivity index (χ2n) is 13.0. The first-order chi connectivity index (χ1) is 19.7. The van der Waals surface area contributed by atoms with Crippen molar-refractivity contribution in [1.29, 1.82) is 0 Å². The van der Waals surface area contributed by atoms with Crippen molar-refractivity contribution in [2.24, 2.45) is 0 Å². The van der Waals surface area contributed by atoms with Gasteiger partial charge in [0.15, 0.2) is 6.23 Å². The standard InChI is InChI=1S/C32H48N2O6SSi/c1-24(39-41(5,35)36)18-21-37-19-11-13-25-12-10-14-26(22-25)31-28-23-27(40-42(6,7)32(2,3)4)16-17-29(28)34(33-31)30-15-8-9-20-38-30/h10,12,14,16-17,22-24,30H,8-9,11,13,15,18-21H2,1-7H3/t24-,30?/m1/s1. The van der Waals surface area contributed by atoms with Gasteiger partial charge in [-0.05, 0) is 93.4 Å². The van der Waals surface area contributed by atoms with Gasteiger partial charge in [0.2, 0.25) is 8.32 Å². The average molecular weight is 617 g/mol. The Kier molecular flexibility index (Phi) is 10.6. The molecular formula is C32H48N2O6SSi. The lowest BCUT2D eigenvalue weighted by atomic mass is 10.0. The van der Waals surface area contributed by atoms with Gasteiger partial charge in [-0.2, -0.15) is 13.5 Å². The van der Waals surface area contributed by atoms with Gasteiger partial charge in [0.05, 0.1) is 17.9 Å². The van der Waals surface area contributed by atoms with Crippen LogP contribution in [0.1, 0.15) is 71.6 Å². The van der Waals surface area contributed by atoms with Gasteiger partial charge in [0, 0.05) is 30.8 Å². The summed E-state index contributed by atoms with van der Waals surface area (Å²) in [5, 5.41) is 6.32. The molecule has 1 unspecified atom stereocenters. The van der Waals surface area contributed by atoms with E-state index in [9.17, 15) is 8.42 Å². The molecule has 2 heterocycles. The highest BCUT2D eigenvalue weighted by molar-refractivity contribution is 7.86. The molecular weight excluding hydrogens is 569 g/mol. The van der Waals surface area contributed by atoms with Crippen LogP contribution in [-0.4, -0.2) is 58.7 Å². The van der Waals surface area contributed by atoms with Crippen LogP contribution in [-0.2, 0) is 30.2 Å². The second kappa shape index (κ2) is 13.6. The maximum Gasteiger partial charge on any atom is 0.264 e. The quantitative estimate of drug-likeness (QED) is 0.112. The summed E-state index contributed by atoms with van der Waals surface area (Å²) < 4.78 is 48.1. The van der Waals surface area contributed by atoms with Crippen LogP contribution < -0.4 is 4.43 Å². The molecule has 10 heteroatoms. The van der Waals surface area contributed by atoms with Gasteiger partial charge >= 0.3 is 0 Å². The van der Waals surface area contributed by atoms with Gasteiger partial charge < -0.3 is 13.9 Å². The third kappa shape index (κ3) is 8.66. The van der Waals surface area contributed by atoms with Crippen LogP contribution in [0.5, 0.6) is 5.75 Å². The number of fused-ring (bicyclic) bond motifs is 1. The third-order valence-corrected chi connectivity index (χ3v) is 13.3. The van der Waals surface area contributed by atoms with Crippen molar-refractivity contribution in [1.82, 2.24) is 9.78 Å². The summed E-state index contributed by atoms with van der Waals surface area (Å²) in [7, 11) is -5.45. The molecule has 0 aliphatic carbocycles. The van der Waals surface area contributed by atoms with Crippen LogP contribution in [0.15, 0.2) is 42.5 Å². The SMILES string of the molecule is C[C@H](CCOCCCc1cccc(-c2nn(C3CCCCO3)c3ccc(O[Si](C)(C)C(C)(C)C)cc23)c1)OS(C)(=O)=O. The number of rotatable bonds is 13. The van der Waals surface area contributed by atoms with E-state index in [0.717, 1.165) is 72.9 Å². The van der Waals surface area contributed by atoms with Gasteiger partial charge in [-0.15, -0.1) is 0 Å². The van der Waals surface area contributed by atoms with E-state index in [4.69, 9.17) is 23.2 Å². The molecule has 0 N–H and O–H groups in total. The summed E-state index contributed by atoms with van der Waals surface area (Å²) in [6.07, 6.45) is 6.06. The van der Waals surface area contributed by atoms with Crippen LogP contribution >= 0.6 is 0 Å². The Morgan fingerprint density at radius 1 is 1.12 bits per heavy atom. The normalized spacial score (nSPS) is 17.5. The first kappa shape index (κ1) is 32.7. The van der Waals surface area contributed by atoms with Crippen LogP contribution in [0.3, 0.4) is 0 Å². The monoisotopic (exact) mass is 616 g/mol. The number of nitrogens with zero attached hydrogens (tertiary/aromatic N) is 2. The smallest absolute Gasteiger partial charge is 0.264 e. The minimum absolute atomic E-state index is 0.0620. The van der Waals surface area contributed by atoms with Gasteiger partial charge in [0.1, 0.15) is 11.4 Å². The molecule has 42 heavy (non-hydrogen) atoms. The van der Waals surface area contributed by atoms with E-state index >= 15 is 0 Å². The van der Waals surface area contributed by atoms with E-state index in [0.29, 0.717) is 19.6 Å². The number of aromatic nitrogens is 2. The predicted octanol–water partition coefficient (Wildman–Crippen LogP) is 7.49. The average Bonchev–Trinajstić information content (AvgIpc) is 3.28. The summed E-state index contributed by atoms with van der Waals surface area (Å²) in [5.41, 5.74) is 4.30. The molecule has 2 aromatic carbocycles. The Morgan fingerprint density at radius 2 is 1.90 bits per heavy atom. The minimum atomic E-state index is -3.44. The molecule has 0 spiro atoms. The zero-order valence-electron chi connectivity index (χ0n) is 26.3. The van der Waals surface area contributed by atoms with Crippen LogP contribution in [0.4, 0.5) is 0 Å². The molecule has 4 rings (SSSR count). The van der Waals surface area contributed by atoms with Crippen molar-refractivity contribution in [3.63, 3.8) is 0 Å². The maximum atomic E-state index is 11.2. The molecule has 232 valence electrons. The fourth-order valence-corrected chi connectivity index (χ4v) is 6.65. The largest absolute Gasteiger partial charge is 0.543 e. The highest BCUT2D eigenvalue weighted by Crippen LogP contribution is 2.40. The van der Waals surface area contributed by atoms with Crippen LogP contribution in [0.25, 0.3) is 22.2 Å². The van der Waals surface area contributed by atoms with E-state index in [1.54, 1.807) is 6.92 Å². The summed E-state index contributed by atoms with van der Waals surface area (Å²) in [6, 6.07) is 14.9. The van der Waals surface area contributed by atoms with Crippen molar-refractivity contribution < 1.29 is 26.5 Å². The fraction of sp³-hybridized carbons (Fsp3) is 0.594. The lowest BCUT2D eigenvalue weighted by Gasteiger charge is -2.36. The Balaban J connectivity index is 1.51. The maximum absolute atomic E-state index is 11.2. The summed E-state index contributed by atoms with van der Waals surface area (Å²) in [5.74, 6) is 0.893. The zero-order valence-corrected chi connectivity index (χ0v) is 28.1. The Bertz CT molecular complexity index is 1440. The summed E-state index contributed by atoms with van der Waals surface area (Å²) in [6.45, 7) is 14.9. The molecule has 3 aromatic rings. The van der Waals surface area contributed by atoms with Gasteiger partial charge in [-0.25, -0.2) is 4.68 Å². The van der Waals surface area contributed by atoms with Gasteiger partial charge in [0.25, 0.3) is 10.1 Å². The van der Waals surface area contributed by atoms with E-state index in [1.807, 2.05) is 0 Å². The topological polar surface area (TPSA) is 88.9 Å². The zero-order chi connectivity index (χ0) is 30.5.